The Bertz CT molecular complexity index is 1080. The van der Waals surface area contributed by atoms with Crippen molar-refractivity contribution in [2.45, 2.75) is 72.5 Å². The van der Waals surface area contributed by atoms with Crippen LogP contribution in [-0.4, -0.2) is 59.6 Å². The molecule has 2 aromatic heterocycles. The Labute approximate surface area is 220 Å². The van der Waals surface area contributed by atoms with Crippen LogP contribution in [0.4, 0.5) is 5.69 Å². The topological polar surface area (TPSA) is 94.0 Å². The second kappa shape index (κ2) is 11.0. The van der Waals surface area contributed by atoms with E-state index in [1.165, 1.54) is 0 Å². The largest absolute Gasteiger partial charge is 0.492 e. The van der Waals surface area contributed by atoms with Crippen LogP contribution in [0.25, 0.3) is 11.3 Å². The summed E-state index contributed by atoms with van der Waals surface area (Å²) in [4.78, 5) is 24.2. The third-order valence-electron chi connectivity index (χ3n) is 7.20. The predicted octanol–water partition coefficient (Wildman–Crippen LogP) is 5.43. The number of aliphatic carboxylic acids is 1. The Hall–Kier alpha value is -2.71. The van der Waals surface area contributed by atoms with Crippen molar-refractivity contribution in [1.82, 2.24) is 9.97 Å². The molecule has 2 aliphatic heterocycles. The fraction of sp³-hybridized carbons (Fsp3) is 0.621. The normalized spacial score (nSPS) is 20.6. The number of carboxylic acid groups (broad SMARTS) is 1. The van der Waals surface area contributed by atoms with Crippen molar-refractivity contribution in [3.05, 3.63) is 35.8 Å². The number of piperidine rings is 1. The fourth-order valence-corrected chi connectivity index (χ4v) is 4.93. The van der Waals surface area contributed by atoms with Gasteiger partial charge in [0, 0.05) is 48.6 Å². The molecule has 0 spiro atoms. The van der Waals surface area contributed by atoms with Gasteiger partial charge in [0.25, 0.3) is 0 Å². The van der Waals surface area contributed by atoms with Crippen LogP contribution in [0.15, 0.2) is 24.5 Å². The van der Waals surface area contributed by atoms with E-state index in [4.69, 9.17) is 19.2 Å². The summed E-state index contributed by atoms with van der Waals surface area (Å²) in [5, 5.41) is 10.3. The number of carboxylic acids is 1. The maximum atomic E-state index is 12.5. The molecule has 202 valence electrons. The minimum absolute atomic E-state index is 0.245. The first-order chi connectivity index (χ1) is 17.4. The molecule has 8 heteroatoms. The zero-order valence-corrected chi connectivity index (χ0v) is 23.0. The van der Waals surface area contributed by atoms with Crippen molar-refractivity contribution in [1.29, 1.82) is 0 Å². The first-order valence-corrected chi connectivity index (χ1v) is 13.3. The van der Waals surface area contributed by atoms with Gasteiger partial charge in [0.2, 0.25) is 0 Å². The van der Waals surface area contributed by atoms with Crippen molar-refractivity contribution in [3.8, 4) is 17.0 Å². The fourth-order valence-electron chi connectivity index (χ4n) is 4.93. The lowest BCUT2D eigenvalue weighted by atomic mass is 9.82. The first kappa shape index (κ1) is 27.3. The van der Waals surface area contributed by atoms with Crippen LogP contribution in [0.5, 0.6) is 5.75 Å². The maximum absolute atomic E-state index is 12.5. The monoisotopic (exact) mass is 511 g/mol. The molecular weight excluding hydrogens is 470 g/mol. The van der Waals surface area contributed by atoms with Gasteiger partial charge in [-0.05, 0) is 64.5 Å². The van der Waals surface area contributed by atoms with Crippen LogP contribution in [0.1, 0.15) is 71.2 Å². The molecule has 4 rings (SSSR count). The molecule has 0 amide bonds. The van der Waals surface area contributed by atoms with Crippen LogP contribution < -0.4 is 9.64 Å². The first-order valence-electron chi connectivity index (χ1n) is 13.3. The molecule has 8 nitrogen and oxygen atoms in total. The van der Waals surface area contributed by atoms with Crippen LogP contribution in [0.2, 0.25) is 0 Å². The lowest BCUT2D eigenvalue weighted by Gasteiger charge is -2.40. The van der Waals surface area contributed by atoms with Gasteiger partial charge in [-0.3, -0.25) is 9.97 Å². The molecule has 0 saturated carbocycles. The molecule has 4 heterocycles. The summed E-state index contributed by atoms with van der Waals surface area (Å²) >= 11 is 0. The van der Waals surface area contributed by atoms with Crippen LogP contribution in [0.3, 0.4) is 0 Å². The summed E-state index contributed by atoms with van der Waals surface area (Å²) in [6.07, 6.45) is 5.43. The summed E-state index contributed by atoms with van der Waals surface area (Å²) in [5.41, 5.74) is 3.23. The molecule has 1 N–H and O–H groups in total. The van der Waals surface area contributed by atoms with E-state index < -0.39 is 17.7 Å². The number of ether oxygens (including phenoxy) is 3. The third-order valence-corrected chi connectivity index (χ3v) is 7.20. The Kier molecular flexibility index (Phi) is 8.09. The highest BCUT2D eigenvalue weighted by molar-refractivity contribution is 5.85. The van der Waals surface area contributed by atoms with Gasteiger partial charge in [0.15, 0.2) is 6.10 Å². The van der Waals surface area contributed by atoms with Gasteiger partial charge in [-0.25, -0.2) is 4.79 Å². The summed E-state index contributed by atoms with van der Waals surface area (Å²) in [6.45, 7) is 15.8. The minimum atomic E-state index is -1.14. The maximum Gasteiger partial charge on any atom is 0.337 e. The number of carbonyl (C=O) groups is 1. The van der Waals surface area contributed by atoms with Crippen molar-refractivity contribution < 1.29 is 24.1 Å². The Balaban J connectivity index is 1.73. The van der Waals surface area contributed by atoms with E-state index in [9.17, 15) is 9.90 Å². The molecule has 2 saturated heterocycles. The van der Waals surface area contributed by atoms with Crippen molar-refractivity contribution >= 4 is 11.7 Å². The number of nitrogens with zero attached hydrogens (tertiary/aromatic N) is 3. The van der Waals surface area contributed by atoms with E-state index in [0.29, 0.717) is 29.5 Å². The standard InChI is InChI=1S/C29H41N3O5/c1-19-24(26(27(33)34)37-28(2,3)4)25(32-12-10-29(5,6)11-13-32)22(16-30-19)23-8-7-21(15-31-23)36-18-20-9-14-35-17-20/h7-8,15-16,20,26H,9-14,17-18H2,1-6H3,(H,33,34)/t20-,26+/m1/s1. The van der Waals surface area contributed by atoms with Crippen molar-refractivity contribution in [3.63, 3.8) is 0 Å². The predicted molar refractivity (Wildman–Crippen MR) is 143 cm³/mol. The highest BCUT2D eigenvalue weighted by atomic mass is 16.5. The van der Waals surface area contributed by atoms with E-state index in [2.05, 4.69) is 23.7 Å². The van der Waals surface area contributed by atoms with Crippen molar-refractivity contribution in [2.75, 3.05) is 37.8 Å². The quantitative estimate of drug-likeness (QED) is 0.501. The summed E-state index contributed by atoms with van der Waals surface area (Å²) in [5.74, 6) is 0.0918. The van der Waals surface area contributed by atoms with E-state index in [1.54, 1.807) is 6.20 Å². The SMILES string of the molecule is Cc1ncc(-c2ccc(OC[C@@H]3CCOC3)cn2)c(N2CCC(C)(C)CC2)c1[C@H](OC(C)(C)C)C(=O)O. The van der Waals surface area contributed by atoms with E-state index in [1.807, 2.05) is 46.0 Å². The zero-order valence-electron chi connectivity index (χ0n) is 23.0. The summed E-state index contributed by atoms with van der Waals surface area (Å²) in [7, 11) is 0. The van der Waals surface area contributed by atoms with Crippen LogP contribution in [-0.2, 0) is 14.3 Å². The average molecular weight is 512 g/mol. The van der Waals surface area contributed by atoms with Gasteiger partial charge in [-0.15, -0.1) is 0 Å². The third kappa shape index (κ3) is 6.79. The van der Waals surface area contributed by atoms with E-state index in [-0.39, 0.29) is 5.41 Å². The number of hydrogen-bond acceptors (Lipinski definition) is 7. The number of aryl methyl sites for hydroxylation is 1. The lowest BCUT2D eigenvalue weighted by molar-refractivity contribution is -0.160. The number of aromatic nitrogens is 2. The Morgan fingerprint density at radius 3 is 2.51 bits per heavy atom. The molecule has 2 atom stereocenters. The molecule has 2 aliphatic rings. The van der Waals surface area contributed by atoms with Gasteiger partial charge in [0.1, 0.15) is 5.75 Å². The van der Waals surface area contributed by atoms with Gasteiger partial charge in [-0.1, -0.05) is 13.8 Å². The molecule has 2 fully saturated rings. The van der Waals surface area contributed by atoms with Crippen molar-refractivity contribution in [2.24, 2.45) is 11.3 Å². The number of pyridine rings is 2. The van der Waals surface area contributed by atoms with Gasteiger partial charge >= 0.3 is 5.97 Å². The number of rotatable bonds is 8. The molecule has 37 heavy (non-hydrogen) atoms. The molecule has 2 aromatic rings. The van der Waals surface area contributed by atoms with E-state index >= 15 is 0 Å². The number of hydrogen-bond donors (Lipinski definition) is 1. The van der Waals surface area contributed by atoms with E-state index in [0.717, 1.165) is 62.5 Å². The average Bonchev–Trinajstić information content (AvgIpc) is 3.35. The molecule has 0 aliphatic carbocycles. The molecule has 0 bridgehead atoms. The smallest absolute Gasteiger partial charge is 0.337 e. The molecule has 0 aromatic carbocycles. The highest BCUT2D eigenvalue weighted by Gasteiger charge is 2.36. The Morgan fingerprint density at radius 2 is 1.95 bits per heavy atom. The van der Waals surface area contributed by atoms with Crippen LogP contribution in [0, 0.1) is 18.3 Å². The van der Waals surface area contributed by atoms with Gasteiger partial charge < -0.3 is 24.2 Å². The molecular formula is C29H41N3O5. The number of anilines is 1. The van der Waals surface area contributed by atoms with Gasteiger partial charge in [0.05, 0.1) is 36.4 Å². The molecule has 0 radical (unpaired) electrons. The van der Waals surface area contributed by atoms with Gasteiger partial charge in [-0.2, -0.15) is 0 Å². The zero-order chi connectivity index (χ0) is 26.8. The highest BCUT2D eigenvalue weighted by Crippen LogP contribution is 2.43. The minimum Gasteiger partial charge on any atom is -0.492 e. The van der Waals surface area contributed by atoms with Crippen LogP contribution >= 0.6 is 0 Å². The summed E-state index contributed by atoms with van der Waals surface area (Å²) < 4.78 is 17.5. The Morgan fingerprint density at radius 1 is 1.22 bits per heavy atom. The summed E-state index contributed by atoms with van der Waals surface area (Å²) in [6, 6.07) is 3.84. The lowest BCUT2D eigenvalue weighted by Crippen LogP contribution is -2.39. The second-order valence-electron chi connectivity index (χ2n) is 12.0. The molecule has 0 unspecified atom stereocenters. The second-order valence-corrected chi connectivity index (χ2v) is 12.0.